The molecule has 0 radical (unpaired) electrons. The molecule has 0 unspecified atom stereocenters. The fraction of sp³-hybridized carbons (Fsp3) is 0.333. The van der Waals surface area contributed by atoms with Crippen LogP contribution in [0.25, 0.3) is 0 Å². The van der Waals surface area contributed by atoms with Crippen LogP contribution >= 0.6 is 11.6 Å². The number of hydrogen-bond donors (Lipinski definition) is 1. The predicted octanol–water partition coefficient (Wildman–Crippen LogP) is 4.38. The Balaban J connectivity index is 2.26. The van der Waals surface area contributed by atoms with Crippen molar-refractivity contribution in [3.05, 3.63) is 40.4 Å². The van der Waals surface area contributed by atoms with E-state index in [1.54, 1.807) is 0 Å². The molecule has 0 saturated carbocycles. The number of aliphatic hydroxyl groups is 1. The van der Waals surface area contributed by atoms with E-state index < -0.39 is 5.82 Å². The quantitative estimate of drug-likeness (QED) is 0.823. The van der Waals surface area contributed by atoms with Crippen LogP contribution in [-0.4, -0.2) is 17.1 Å². The van der Waals surface area contributed by atoms with Crippen molar-refractivity contribution < 1.29 is 14.3 Å². The van der Waals surface area contributed by atoms with E-state index in [1.165, 1.54) is 24.4 Å². The number of nitrogens with zero attached hydrogens (tertiary/aromatic N) is 1. The molecule has 1 N–H and O–H groups in total. The Morgan fingerprint density at radius 1 is 1.40 bits per heavy atom. The van der Waals surface area contributed by atoms with Crippen molar-refractivity contribution in [1.29, 1.82) is 0 Å². The largest absolute Gasteiger partial charge is 0.511 e. The molecule has 0 bridgehead atoms. The SMILES string of the molecule is CC1(C)CC(=O)C(C=Nc2ccc(F)c(Cl)c2)=C(O)C1. The number of allylic oxidation sites excluding steroid dienone is 2. The van der Waals surface area contributed by atoms with Crippen molar-refractivity contribution in [2.75, 3.05) is 0 Å². The van der Waals surface area contributed by atoms with E-state index in [-0.39, 0.29) is 27.6 Å². The zero-order chi connectivity index (χ0) is 14.9. The van der Waals surface area contributed by atoms with Gasteiger partial charge in [0.25, 0.3) is 0 Å². The maximum absolute atomic E-state index is 13.0. The number of carbonyl (C=O) groups is 1. The highest BCUT2D eigenvalue weighted by Crippen LogP contribution is 2.35. The molecule has 106 valence electrons. The highest BCUT2D eigenvalue weighted by atomic mass is 35.5. The van der Waals surface area contributed by atoms with Gasteiger partial charge in [0, 0.05) is 19.1 Å². The topological polar surface area (TPSA) is 49.7 Å². The first kappa shape index (κ1) is 14.7. The number of rotatable bonds is 2. The molecule has 0 amide bonds. The molecule has 0 atom stereocenters. The molecule has 3 nitrogen and oxygen atoms in total. The predicted molar refractivity (Wildman–Crippen MR) is 77.2 cm³/mol. The van der Waals surface area contributed by atoms with Crippen molar-refractivity contribution in [3.8, 4) is 0 Å². The second-order valence-electron chi connectivity index (χ2n) is 5.66. The molecule has 20 heavy (non-hydrogen) atoms. The van der Waals surface area contributed by atoms with Crippen LogP contribution in [0, 0.1) is 11.2 Å². The maximum atomic E-state index is 13.0. The number of aliphatic imine (C=N–C) groups is 1. The summed E-state index contributed by atoms with van der Waals surface area (Å²) in [6, 6.07) is 4.02. The summed E-state index contributed by atoms with van der Waals surface area (Å²) in [5, 5.41) is 9.90. The minimum absolute atomic E-state index is 0.0334. The number of Topliss-reactive ketones (excluding diaryl/α,β-unsaturated/α-hetero) is 1. The smallest absolute Gasteiger partial charge is 0.168 e. The normalized spacial score (nSPS) is 18.9. The summed E-state index contributed by atoms with van der Waals surface area (Å²) in [6.07, 6.45) is 2.11. The Bertz CT molecular complexity index is 620. The van der Waals surface area contributed by atoms with Crippen LogP contribution in [0.3, 0.4) is 0 Å². The lowest BCUT2D eigenvalue weighted by Crippen LogP contribution is -2.26. The second kappa shape index (κ2) is 5.37. The van der Waals surface area contributed by atoms with Gasteiger partial charge in [0.05, 0.1) is 16.3 Å². The van der Waals surface area contributed by atoms with Gasteiger partial charge in [-0.1, -0.05) is 25.4 Å². The molecule has 0 aliphatic heterocycles. The first-order chi connectivity index (χ1) is 9.28. The van der Waals surface area contributed by atoms with E-state index in [4.69, 9.17) is 11.6 Å². The van der Waals surface area contributed by atoms with Crippen LogP contribution in [0.2, 0.25) is 5.02 Å². The molecule has 5 heteroatoms. The fourth-order valence-corrected chi connectivity index (χ4v) is 2.33. The van der Waals surface area contributed by atoms with Gasteiger partial charge in [-0.25, -0.2) is 4.39 Å². The van der Waals surface area contributed by atoms with Crippen LogP contribution in [0.4, 0.5) is 10.1 Å². The average Bonchev–Trinajstić information content (AvgIpc) is 2.31. The molecular weight excluding hydrogens is 281 g/mol. The van der Waals surface area contributed by atoms with Gasteiger partial charge in [-0.05, 0) is 23.6 Å². The Hall–Kier alpha value is -1.68. The van der Waals surface area contributed by atoms with Gasteiger partial charge in [0.1, 0.15) is 11.6 Å². The number of aliphatic hydroxyl groups excluding tert-OH is 1. The molecule has 0 saturated heterocycles. The van der Waals surface area contributed by atoms with E-state index in [0.29, 0.717) is 18.5 Å². The molecule has 1 aromatic rings. The molecule has 1 aliphatic rings. The lowest BCUT2D eigenvalue weighted by atomic mass is 9.77. The minimum atomic E-state index is -0.525. The monoisotopic (exact) mass is 295 g/mol. The van der Waals surface area contributed by atoms with Crippen LogP contribution in [0.15, 0.2) is 34.5 Å². The molecule has 0 heterocycles. The fourth-order valence-electron chi connectivity index (χ4n) is 2.15. The van der Waals surface area contributed by atoms with Crippen molar-refractivity contribution >= 4 is 29.3 Å². The van der Waals surface area contributed by atoms with E-state index in [1.807, 2.05) is 13.8 Å². The highest BCUT2D eigenvalue weighted by Gasteiger charge is 2.32. The van der Waals surface area contributed by atoms with E-state index in [2.05, 4.69) is 4.99 Å². The van der Waals surface area contributed by atoms with Crippen molar-refractivity contribution in [1.82, 2.24) is 0 Å². The Morgan fingerprint density at radius 3 is 2.70 bits per heavy atom. The van der Waals surface area contributed by atoms with Gasteiger partial charge in [-0.2, -0.15) is 0 Å². The van der Waals surface area contributed by atoms with Crippen molar-refractivity contribution in [3.63, 3.8) is 0 Å². The summed E-state index contributed by atoms with van der Waals surface area (Å²) in [6.45, 7) is 3.85. The summed E-state index contributed by atoms with van der Waals surface area (Å²) in [5.74, 6) is -0.623. The standard InChI is InChI=1S/C15H15ClFNO2/c1-15(2)6-13(19)10(14(20)7-15)8-18-9-3-4-12(17)11(16)5-9/h3-5,8,19H,6-7H2,1-2H3. The zero-order valence-corrected chi connectivity index (χ0v) is 12.0. The minimum Gasteiger partial charge on any atom is -0.511 e. The molecule has 0 fully saturated rings. The number of carbonyl (C=O) groups excluding carboxylic acids is 1. The third-order valence-corrected chi connectivity index (χ3v) is 3.43. The second-order valence-corrected chi connectivity index (χ2v) is 6.07. The Labute approximate surface area is 121 Å². The van der Waals surface area contributed by atoms with Crippen LogP contribution in [0.5, 0.6) is 0 Å². The molecular formula is C15H15ClFNO2. The molecule has 0 spiro atoms. The summed E-state index contributed by atoms with van der Waals surface area (Å²) in [7, 11) is 0. The third-order valence-electron chi connectivity index (χ3n) is 3.14. The lowest BCUT2D eigenvalue weighted by molar-refractivity contribution is -0.117. The van der Waals surface area contributed by atoms with Crippen molar-refractivity contribution in [2.45, 2.75) is 26.7 Å². The Kier molecular flexibility index (Phi) is 3.95. The maximum Gasteiger partial charge on any atom is 0.168 e. The molecule has 1 aromatic carbocycles. The number of halogens is 2. The van der Waals surface area contributed by atoms with Gasteiger partial charge in [0.15, 0.2) is 5.78 Å². The third kappa shape index (κ3) is 3.25. The van der Waals surface area contributed by atoms with E-state index in [0.717, 1.165) is 0 Å². The zero-order valence-electron chi connectivity index (χ0n) is 11.3. The van der Waals surface area contributed by atoms with Crippen LogP contribution in [-0.2, 0) is 4.79 Å². The first-order valence-electron chi connectivity index (χ1n) is 6.23. The average molecular weight is 296 g/mol. The summed E-state index contributed by atoms with van der Waals surface area (Å²) in [4.78, 5) is 16.0. The van der Waals surface area contributed by atoms with Gasteiger partial charge < -0.3 is 5.11 Å². The van der Waals surface area contributed by atoms with Crippen LogP contribution in [0.1, 0.15) is 26.7 Å². The van der Waals surface area contributed by atoms with Gasteiger partial charge >= 0.3 is 0 Å². The molecule has 0 aromatic heterocycles. The van der Waals surface area contributed by atoms with Gasteiger partial charge in [-0.15, -0.1) is 0 Å². The van der Waals surface area contributed by atoms with Crippen molar-refractivity contribution in [2.24, 2.45) is 10.4 Å². The van der Waals surface area contributed by atoms with E-state index >= 15 is 0 Å². The Morgan fingerprint density at radius 2 is 2.10 bits per heavy atom. The van der Waals surface area contributed by atoms with Gasteiger partial charge in [0.2, 0.25) is 0 Å². The first-order valence-corrected chi connectivity index (χ1v) is 6.61. The lowest BCUT2D eigenvalue weighted by Gasteiger charge is -2.28. The highest BCUT2D eigenvalue weighted by molar-refractivity contribution is 6.31. The van der Waals surface area contributed by atoms with Crippen LogP contribution < -0.4 is 0 Å². The number of hydrogen-bond acceptors (Lipinski definition) is 3. The van der Waals surface area contributed by atoms with E-state index in [9.17, 15) is 14.3 Å². The summed E-state index contributed by atoms with van der Waals surface area (Å²) in [5.41, 5.74) is 0.400. The number of benzene rings is 1. The number of ketones is 1. The summed E-state index contributed by atoms with van der Waals surface area (Å²) >= 11 is 5.65. The summed E-state index contributed by atoms with van der Waals surface area (Å²) < 4.78 is 13.0. The molecule has 2 rings (SSSR count). The van der Waals surface area contributed by atoms with Gasteiger partial charge in [-0.3, -0.25) is 9.79 Å². The molecule has 1 aliphatic carbocycles.